The lowest BCUT2D eigenvalue weighted by molar-refractivity contribution is 0.102. The molecule has 0 saturated carbocycles. The van der Waals surface area contributed by atoms with E-state index in [1.165, 1.54) is 12.3 Å². The lowest BCUT2D eigenvalue weighted by atomic mass is 10.2. The Morgan fingerprint density at radius 1 is 1.14 bits per heavy atom. The SMILES string of the molecule is CC(C)Nc1nccc(C(=O)Nc2ccc(F)c(F)c2F)n1. The normalized spacial score (nSPS) is 10.6. The van der Waals surface area contributed by atoms with Crippen molar-refractivity contribution in [2.75, 3.05) is 10.6 Å². The second-order valence-corrected chi connectivity index (χ2v) is 4.74. The average Bonchev–Trinajstić information content (AvgIpc) is 2.47. The molecule has 2 N–H and O–H groups in total. The van der Waals surface area contributed by atoms with Gasteiger partial charge in [0.2, 0.25) is 5.95 Å². The van der Waals surface area contributed by atoms with E-state index in [1.807, 2.05) is 13.8 Å². The predicted octanol–water partition coefficient (Wildman–Crippen LogP) is 2.97. The third kappa shape index (κ3) is 3.51. The topological polar surface area (TPSA) is 66.9 Å². The van der Waals surface area contributed by atoms with Gasteiger partial charge in [-0.1, -0.05) is 0 Å². The van der Waals surface area contributed by atoms with Crippen molar-refractivity contribution in [3.8, 4) is 0 Å². The van der Waals surface area contributed by atoms with Crippen LogP contribution in [0.15, 0.2) is 24.4 Å². The number of carbonyl (C=O) groups is 1. The molecule has 2 rings (SSSR count). The van der Waals surface area contributed by atoms with Crippen LogP contribution in [0.1, 0.15) is 24.3 Å². The third-order valence-corrected chi connectivity index (χ3v) is 2.59. The van der Waals surface area contributed by atoms with Crippen molar-refractivity contribution in [1.29, 1.82) is 0 Å². The van der Waals surface area contributed by atoms with Crippen LogP contribution in [0.3, 0.4) is 0 Å². The minimum absolute atomic E-state index is 0.0396. The van der Waals surface area contributed by atoms with Crippen molar-refractivity contribution in [2.45, 2.75) is 19.9 Å². The highest BCUT2D eigenvalue weighted by atomic mass is 19.2. The molecule has 8 heteroatoms. The van der Waals surface area contributed by atoms with E-state index in [-0.39, 0.29) is 17.7 Å². The molecule has 0 atom stereocenters. The van der Waals surface area contributed by atoms with Gasteiger partial charge in [-0.05, 0) is 32.0 Å². The molecule has 0 aliphatic heterocycles. The van der Waals surface area contributed by atoms with Crippen LogP contribution >= 0.6 is 0 Å². The van der Waals surface area contributed by atoms with E-state index in [0.717, 1.165) is 12.1 Å². The summed E-state index contributed by atoms with van der Waals surface area (Å²) in [6.07, 6.45) is 1.36. The zero-order chi connectivity index (χ0) is 16.3. The van der Waals surface area contributed by atoms with Crippen molar-refractivity contribution in [1.82, 2.24) is 9.97 Å². The summed E-state index contributed by atoms with van der Waals surface area (Å²) in [5.74, 6) is -4.99. The van der Waals surface area contributed by atoms with Crippen LogP contribution in [0.4, 0.5) is 24.8 Å². The van der Waals surface area contributed by atoms with Crippen molar-refractivity contribution < 1.29 is 18.0 Å². The van der Waals surface area contributed by atoms with Gasteiger partial charge in [-0.25, -0.2) is 23.1 Å². The molecular weight excluding hydrogens is 297 g/mol. The Balaban J connectivity index is 2.21. The maximum absolute atomic E-state index is 13.5. The molecule has 0 saturated heterocycles. The van der Waals surface area contributed by atoms with Crippen molar-refractivity contribution >= 4 is 17.5 Å². The van der Waals surface area contributed by atoms with Crippen LogP contribution in [0.2, 0.25) is 0 Å². The summed E-state index contributed by atoms with van der Waals surface area (Å²) in [4.78, 5) is 19.9. The fourth-order valence-corrected chi connectivity index (χ4v) is 1.62. The fourth-order valence-electron chi connectivity index (χ4n) is 1.62. The van der Waals surface area contributed by atoms with E-state index in [0.29, 0.717) is 0 Å². The average molecular weight is 310 g/mol. The van der Waals surface area contributed by atoms with E-state index < -0.39 is 29.0 Å². The van der Waals surface area contributed by atoms with Gasteiger partial charge in [-0.15, -0.1) is 0 Å². The number of benzene rings is 1. The van der Waals surface area contributed by atoms with Gasteiger partial charge in [0.15, 0.2) is 17.5 Å². The number of anilines is 2. The Hall–Kier alpha value is -2.64. The molecular formula is C14H13F3N4O. The number of rotatable bonds is 4. The Labute approximate surface area is 124 Å². The molecule has 2 aromatic rings. The van der Waals surface area contributed by atoms with Gasteiger partial charge in [0.05, 0.1) is 5.69 Å². The molecule has 0 radical (unpaired) electrons. The molecule has 1 heterocycles. The predicted molar refractivity (Wildman–Crippen MR) is 75.1 cm³/mol. The molecule has 0 unspecified atom stereocenters. The summed E-state index contributed by atoms with van der Waals surface area (Å²) in [7, 11) is 0. The van der Waals surface area contributed by atoms with Gasteiger partial charge < -0.3 is 10.6 Å². The Kier molecular flexibility index (Phi) is 4.59. The molecule has 116 valence electrons. The Bertz CT molecular complexity index is 706. The fraction of sp³-hybridized carbons (Fsp3) is 0.214. The maximum Gasteiger partial charge on any atom is 0.274 e. The maximum atomic E-state index is 13.5. The highest BCUT2D eigenvalue weighted by molar-refractivity contribution is 6.03. The van der Waals surface area contributed by atoms with Gasteiger partial charge in [-0.2, -0.15) is 0 Å². The highest BCUT2D eigenvalue weighted by Gasteiger charge is 2.17. The number of aromatic nitrogens is 2. The first-order valence-electron chi connectivity index (χ1n) is 6.43. The molecule has 0 aliphatic carbocycles. The monoisotopic (exact) mass is 310 g/mol. The van der Waals surface area contributed by atoms with Gasteiger partial charge in [0.25, 0.3) is 5.91 Å². The molecule has 1 aromatic heterocycles. The molecule has 1 aromatic carbocycles. The number of hydrogen-bond donors (Lipinski definition) is 2. The van der Waals surface area contributed by atoms with Crippen LogP contribution in [0.5, 0.6) is 0 Å². The first-order chi connectivity index (χ1) is 10.4. The van der Waals surface area contributed by atoms with Crippen LogP contribution in [-0.2, 0) is 0 Å². The van der Waals surface area contributed by atoms with E-state index >= 15 is 0 Å². The van der Waals surface area contributed by atoms with Crippen LogP contribution in [0.25, 0.3) is 0 Å². The summed E-state index contributed by atoms with van der Waals surface area (Å²) in [6.45, 7) is 3.74. The summed E-state index contributed by atoms with van der Waals surface area (Å²) >= 11 is 0. The summed E-state index contributed by atoms with van der Waals surface area (Å²) in [5.41, 5.74) is -0.511. The van der Waals surface area contributed by atoms with Gasteiger partial charge in [0, 0.05) is 12.2 Å². The molecule has 22 heavy (non-hydrogen) atoms. The zero-order valence-electron chi connectivity index (χ0n) is 11.8. The number of nitrogens with one attached hydrogen (secondary N) is 2. The number of halogens is 3. The number of nitrogens with zero attached hydrogens (tertiary/aromatic N) is 2. The van der Waals surface area contributed by atoms with Crippen molar-refractivity contribution in [3.05, 3.63) is 47.5 Å². The zero-order valence-corrected chi connectivity index (χ0v) is 11.8. The minimum atomic E-state index is -1.65. The third-order valence-electron chi connectivity index (χ3n) is 2.59. The van der Waals surface area contributed by atoms with Crippen LogP contribution < -0.4 is 10.6 Å². The largest absolute Gasteiger partial charge is 0.352 e. The second-order valence-electron chi connectivity index (χ2n) is 4.74. The molecule has 0 aliphatic rings. The Morgan fingerprint density at radius 3 is 2.55 bits per heavy atom. The number of amides is 1. The lowest BCUT2D eigenvalue weighted by Gasteiger charge is -2.10. The van der Waals surface area contributed by atoms with Gasteiger partial charge >= 0.3 is 0 Å². The minimum Gasteiger partial charge on any atom is -0.352 e. The molecule has 0 fully saturated rings. The number of hydrogen-bond acceptors (Lipinski definition) is 4. The van der Waals surface area contributed by atoms with Crippen molar-refractivity contribution in [3.63, 3.8) is 0 Å². The molecule has 5 nitrogen and oxygen atoms in total. The molecule has 0 bridgehead atoms. The summed E-state index contributed by atoms with van der Waals surface area (Å²) < 4.78 is 39.5. The van der Waals surface area contributed by atoms with Crippen LogP contribution in [0, 0.1) is 17.5 Å². The van der Waals surface area contributed by atoms with E-state index in [1.54, 1.807) is 0 Å². The van der Waals surface area contributed by atoms with E-state index in [2.05, 4.69) is 20.6 Å². The highest BCUT2D eigenvalue weighted by Crippen LogP contribution is 2.20. The van der Waals surface area contributed by atoms with Gasteiger partial charge in [-0.3, -0.25) is 4.79 Å². The Morgan fingerprint density at radius 2 is 1.86 bits per heavy atom. The number of carbonyl (C=O) groups excluding carboxylic acids is 1. The second kappa shape index (κ2) is 6.42. The van der Waals surface area contributed by atoms with Gasteiger partial charge in [0.1, 0.15) is 5.69 Å². The first-order valence-corrected chi connectivity index (χ1v) is 6.43. The summed E-state index contributed by atoms with van der Waals surface area (Å²) in [6, 6.07) is 3.03. The summed E-state index contributed by atoms with van der Waals surface area (Å²) in [5, 5.41) is 5.04. The quantitative estimate of drug-likeness (QED) is 0.852. The van der Waals surface area contributed by atoms with Crippen LogP contribution in [-0.4, -0.2) is 21.9 Å². The van der Waals surface area contributed by atoms with E-state index in [4.69, 9.17) is 0 Å². The molecule has 1 amide bonds. The lowest BCUT2D eigenvalue weighted by Crippen LogP contribution is -2.18. The standard InChI is InChI=1S/C14H13F3N4O/c1-7(2)19-14-18-6-5-10(21-14)13(22)20-9-4-3-8(15)11(16)12(9)17/h3-7H,1-2H3,(H,20,22)(H,18,19,21). The van der Waals surface area contributed by atoms with Crippen molar-refractivity contribution in [2.24, 2.45) is 0 Å². The first kappa shape index (κ1) is 15.7. The molecule has 0 spiro atoms. The smallest absolute Gasteiger partial charge is 0.274 e. The van der Waals surface area contributed by atoms with E-state index in [9.17, 15) is 18.0 Å².